The Hall–Kier alpha value is -2.28. The average Bonchev–Trinajstić information content (AvgIpc) is 3.01. The molecule has 0 atom stereocenters. The smallest absolute Gasteiger partial charge is 0.165 e. The zero-order chi connectivity index (χ0) is 12.4. The Morgan fingerprint density at radius 2 is 2.28 bits per heavy atom. The molecule has 0 saturated heterocycles. The van der Waals surface area contributed by atoms with Gasteiger partial charge in [0.2, 0.25) is 0 Å². The van der Waals surface area contributed by atoms with E-state index in [-0.39, 0.29) is 0 Å². The van der Waals surface area contributed by atoms with Gasteiger partial charge in [-0.1, -0.05) is 11.3 Å². The second kappa shape index (κ2) is 4.53. The lowest BCUT2D eigenvalue weighted by Gasteiger charge is -1.95. The normalized spacial score (nSPS) is 10.7. The van der Waals surface area contributed by atoms with Crippen LogP contribution in [-0.4, -0.2) is 25.0 Å². The minimum Gasteiger partial charge on any atom is -0.381 e. The van der Waals surface area contributed by atoms with Crippen LogP contribution in [0.5, 0.6) is 0 Å². The topological polar surface area (TPSA) is 82.5 Å². The Kier molecular flexibility index (Phi) is 2.73. The minimum absolute atomic E-state index is 0.412. The fourth-order valence-electron chi connectivity index (χ4n) is 1.54. The van der Waals surface area contributed by atoms with Gasteiger partial charge in [-0.15, -0.1) is 16.4 Å². The standard InChI is InChI=1S/C11H10N6S/c12-10-6-17(16-15-10)5-8-7-18-11(14-8)9-3-1-2-4-13-9/h1-4,6-7H,5,12H2. The van der Waals surface area contributed by atoms with Crippen molar-refractivity contribution in [3.63, 3.8) is 0 Å². The van der Waals surface area contributed by atoms with Gasteiger partial charge in [0.1, 0.15) is 5.01 Å². The van der Waals surface area contributed by atoms with E-state index in [4.69, 9.17) is 5.73 Å². The van der Waals surface area contributed by atoms with Crippen LogP contribution in [0.2, 0.25) is 0 Å². The van der Waals surface area contributed by atoms with Crippen LogP contribution in [0.15, 0.2) is 36.0 Å². The van der Waals surface area contributed by atoms with Crippen molar-refractivity contribution >= 4 is 17.2 Å². The summed E-state index contributed by atoms with van der Waals surface area (Å²) >= 11 is 1.56. The third-order valence-corrected chi connectivity index (χ3v) is 3.23. The first-order chi connectivity index (χ1) is 8.81. The molecule has 0 aromatic carbocycles. The number of hydrogen-bond donors (Lipinski definition) is 1. The number of pyridine rings is 1. The number of hydrogen-bond acceptors (Lipinski definition) is 6. The summed E-state index contributed by atoms with van der Waals surface area (Å²) in [6.07, 6.45) is 3.44. The van der Waals surface area contributed by atoms with Crippen molar-refractivity contribution in [2.24, 2.45) is 0 Å². The van der Waals surface area contributed by atoms with Gasteiger partial charge >= 0.3 is 0 Å². The molecule has 0 unspecified atom stereocenters. The Labute approximate surface area is 107 Å². The van der Waals surface area contributed by atoms with E-state index in [9.17, 15) is 0 Å². The highest BCUT2D eigenvalue weighted by atomic mass is 32.1. The SMILES string of the molecule is Nc1cn(Cc2csc(-c3ccccn3)n2)nn1. The number of rotatable bonds is 3. The molecule has 0 saturated carbocycles. The summed E-state index contributed by atoms with van der Waals surface area (Å²) in [5.41, 5.74) is 7.31. The molecule has 0 aliphatic carbocycles. The molecule has 3 aromatic rings. The van der Waals surface area contributed by atoms with Crippen LogP contribution < -0.4 is 5.73 Å². The second-order valence-corrected chi connectivity index (χ2v) is 4.56. The molecule has 18 heavy (non-hydrogen) atoms. The fraction of sp³-hybridized carbons (Fsp3) is 0.0909. The van der Waals surface area contributed by atoms with E-state index in [0.717, 1.165) is 16.4 Å². The molecule has 2 N–H and O–H groups in total. The highest BCUT2D eigenvalue weighted by molar-refractivity contribution is 7.13. The number of thiazole rings is 1. The van der Waals surface area contributed by atoms with Gasteiger partial charge in [0, 0.05) is 11.6 Å². The predicted molar refractivity (Wildman–Crippen MR) is 68.9 cm³/mol. The molecule has 0 amide bonds. The maximum atomic E-state index is 5.51. The van der Waals surface area contributed by atoms with Gasteiger partial charge in [0.05, 0.1) is 24.1 Å². The van der Waals surface area contributed by atoms with Crippen LogP contribution in [0.1, 0.15) is 5.69 Å². The van der Waals surface area contributed by atoms with Crippen molar-refractivity contribution in [1.82, 2.24) is 25.0 Å². The molecule has 0 aliphatic rings. The predicted octanol–water partition coefficient (Wildman–Crippen LogP) is 1.43. The monoisotopic (exact) mass is 258 g/mol. The summed E-state index contributed by atoms with van der Waals surface area (Å²) in [6, 6.07) is 5.77. The van der Waals surface area contributed by atoms with E-state index in [1.807, 2.05) is 23.6 Å². The Balaban J connectivity index is 1.82. The first-order valence-corrected chi connectivity index (χ1v) is 6.20. The molecule has 0 bridgehead atoms. The van der Waals surface area contributed by atoms with Crippen molar-refractivity contribution in [2.75, 3.05) is 5.73 Å². The molecular formula is C11H10N6S. The van der Waals surface area contributed by atoms with E-state index in [0.29, 0.717) is 12.4 Å². The van der Waals surface area contributed by atoms with Crippen LogP contribution in [0.3, 0.4) is 0 Å². The van der Waals surface area contributed by atoms with Gasteiger partial charge in [-0.25, -0.2) is 9.67 Å². The van der Waals surface area contributed by atoms with Gasteiger partial charge in [-0.05, 0) is 12.1 Å². The maximum absolute atomic E-state index is 5.51. The lowest BCUT2D eigenvalue weighted by atomic mass is 10.4. The van der Waals surface area contributed by atoms with Crippen LogP contribution in [0.25, 0.3) is 10.7 Å². The maximum Gasteiger partial charge on any atom is 0.165 e. The van der Waals surface area contributed by atoms with Crippen LogP contribution >= 0.6 is 11.3 Å². The van der Waals surface area contributed by atoms with Crippen molar-refractivity contribution in [3.05, 3.63) is 41.7 Å². The zero-order valence-electron chi connectivity index (χ0n) is 9.39. The van der Waals surface area contributed by atoms with E-state index in [1.165, 1.54) is 0 Å². The molecule has 0 aliphatic heterocycles. The van der Waals surface area contributed by atoms with Crippen molar-refractivity contribution < 1.29 is 0 Å². The van der Waals surface area contributed by atoms with Gasteiger partial charge in [0.15, 0.2) is 5.82 Å². The zero-order valence-corrected chi connectivity index (χ0v) is 10.2. The third kappa shape index (κ3) is 2.21. The van der Waals surface area contributed by atoms with Crippen LogP contribution in [0.4, 0.5) is 5.82 Å². The van der Waals surface area contributed by atoms with Gasteiger partial charge in [0.25, 0.3) is 0 Å². The quantitative estimate of drug-likeness (QED) is 0.768. The van der Waals surface area contributed by atoms with Crippen molar-refractivity contribution in [2.45, 2.75) is 6.54 Å². The second-order valence-electron chi connectivity index (χ2n) is 3.70. The van der Waals surface area contributed by atoms with E-state index >= 15 is 0 Å². The largest absolute Gasteiger partial charge is 0.381 e. The lowest BCUT2D eigenvalue weighted by molar-refractivity contribution is 0.641. The summed E-state index contributed by atoms with van der Waals surface area (Å²) in [4.78, 5) is 8.78. The van der Waals surface area contributed by atoms with Gasteiger partial charge < -0.3 is 5.73 Å². The Bertz CT molecular complexity index is 644. The molecule has 3 heterocycles. The van der Waals surface area contributed by atoms with Gasteiger partial charge in [-0.2, -0.15) is 0 Å². The number of nitrogens with zero attached hydrogens (tertiary/aromatic N) is 5. The molecule has 3 aromatic heterocycles. The summed E-state index contributed by atoms with van der Waals surface area (Å²) in [5, 5.41) is 10.5. The fourth-order valence-corrected chi connectivity index (χ4v) is 2.33. The first kappa shape index (κ1) is 10.8. The molecular weight excluding hydrogens is 248 g/mol. The highest BCUT2D eigenvalue weighted by Crippen LogP contribution is 2.21. The average molecular weight is 258 g/mol. The molecule has 0 fully saturated rings. The number of anilines is 1. The summed E-state index contributed by atoms with van der Waals surface area (Å²) in [6.45, 7) is 0.563. The third-order valence-electron chi connectivity index (χ3n) is 2.32. The number of aromatic nitrogens is 5. The summed E-state index contributed by atoms with van der Waals surface area (Å²) < 4.78 is 1.66. The summed E-state index contributed by atoms with van der Waals surface area (Å²) in [7, 11) is 0. The minimum atomic E-state index is 0.412. The lowest BCUT2D eigenvalue weighted by Crippen LogP contribution is -2.00. The molecule has 90 valence electrons. The van der Waals surface area contributed by atoms with Crippen LogP contribution in [0, 0.1) is 0 Å². The van der Waals surface area contributed by atoms with E-state index in [2.05, 4.69) is 20.3 Å². The molecule has 7 heteroatoms. The molecule has 0 spiro atoms. The number of nitrogens with two attached hydrogens (primary N) is 1. The Morgan fingerprint density at radius 1 is 1.33 bits per heavy atom. The molecule has 6 nitrogen and oxygen atoms in total. The Morgan fingerprint density at radius 3 is 3.00 bits per heavy atom. The van der Waals surface area contributed by atoms with Gasteiger partial charge in [-0.3, -0.25) is 4.98 Å². The first-order valence-electron chi connectivity index (χ1n) is 5.33. The van der Waals surface area contributed by atoms with E-state index < -0.39 is 0 Å². The highest BCUT2D eigenvalue weighted by Gasteiger charge is 2.06. The number of nitrogen functional groups attached to an aromatic ring is 1. The molecule has 3 rings (SSSR count). The van der Waals surface area contributed by atoms with Crippen molar-refractivity contribution in [1.29, 1.82) is 0 Å². The van der Waals surface area contributed by atoms with Crippen LogP contribution in [-0.2, 0) is 6.54 Å². The van der Waals surface area contributed by atoms with Crippen molar-refractivity contribution in [3.8, 4) is 10.7 Å². The van der Waals surface area contributed by atoms with E-state index in [1.54, 1.807) is 28.4 Å². The molecule has 0 radical (unpaired) electrons. The summed E-state index contributed by atoms with van der Waals surface area (Å²) in [5.74, 6) is 0.412.